The maximum Gasteiger partial charge on any atom is 0.341 e. The predicted molar refractivity (Wildman–Crippen MR) is 75.2 cm³/mol. The van der Waals surface area contributed by atoms with Crippen LogP contribution >= 0.6 is 0 Å². The quantitative estimate of drug-likeness (QED) is 0.826. The highest BCUT2D eigenvalue weighted by Crippen LogP contribution is 2.23. The second kappa shape index (κ2) is 5.93. The van der Waals surface area contributed by atoms with E-state index in [1.165, 1.54) is 23.9 Å². The van der Waals surface area contributed by atoms with Crippen molar-refractivity contribution in [1.29, 1.82) is 0 Å². The predicted octanol–water partition coefficient (Wildman–Crippen LogP) is 1.70. The summed E-state index contributed by atoms with van der Waals surface area (Å²) in [5.74, 6) is 0. The molecule has 0 bridgehead atoms. The minimum Gasteiger partial charge on any atom is -0.368 e. The van der Waals surface area contributed by atoms with Gasteiger partial charge in [-0.05, 0) is 31.0 Å². The number of anilines is 1. The lowest BCUT2D eigenvalue weighted by Crippen LogP contribution is -2.51. The first kappa shape index (κ1) is 13.7. The van der Waals surface area contributed by atoms with Gasteiger partial charge in [-0.2, -0.15) is 0 Å². The summed E-state index contributed by atoms with van der Waals surface area (Å²) in [5.41, 5.74) is 6.25. The summed E-state index contributed by atoms with van der Waals surface area (Å²) in [5, 5.41) is 0. The van der Waals surface area contributed by atoms with E-state index in [1.54, 1.807) is 4.90 Å². The van der Waals surface area contributed by atoms with Crippen molar-refractivity contribution >= 4 is 11.7 Å². The highest BCUT2D eigenvalue weighted by atomic mass is 16.6. The van der Waals surface area contributed by atoms with Crippen LogP contribution in [0, 0.1) is 13.8 Å². The van der Waals surface area contributed by atoms with Crippen LogP contribution in [0.4, 0.5) is 10.5 Å². The van der Waals surface area contributed by atoms with Crippen molar-refractivity contribution in [3.05, 3.63) is 29.3 Å². The van der Waals surface area contributed by atoms with E-state index in [0.29, 0.717) is 13.1 Å². The van der Waals surface area contributed by atoms with Gasteiger partial charge in [-0.1, -0.05) is 12.1 Å². The summed E-state index contributed by atoms with van der Waals surface area (Å²) in [7, 11) is 1.45. The fourth-order valence-corrected chi connectivity index (χ4v) is 2.38. The van der Waals surface area contributed by atoms with Crippen molar-refractivity contribution in [3.8, 4) is 0 Å². The molecule has 2 amide bonds. The van der Waals surface area contributed by atoms with Crippen molar-refractivity contribution in [1.82, 2.24) is 10.4 Å². The van der Waals surface area contributed by atoms with E-state index < -0.39 is 0 Å². The monoisotopic (exact) mass is 263 g/mol. The van der Waals surface area contributed by atoms with Crippen LogP contribution in [0.25, 0.3) is 0 Å². The Bertz CT molecular complexity index is 454. The number of carbonyl (C=O) groups is 1. The molecule has 19 heavy (non-hydrogen) atoms. The van der Waals surface area contributed by atoms with E-state index in [2.05, 4.69) is 47.3 Å². The molecule has 0 aliphatic carbocycles. The van der Waals surface area contributed by atoms with Crippen LogP contribution < -0.4 is 10.4 Å². The topological polar surface area (TPSA) is 44.8 Å². The van der Waals surface area contributed by atoms with Crippen molar-refractivity contribution < 1.29 is 9.63 Å². The summed E-state index contributed by atoms with van der Waals surface area (Å²) >= 11 is 0. The van der Waals surface area contributed by atoms with E-state index in [4.69, 9.17) is 0 Å². The largest absolute Gasteiger partial charge is 0.368 e. The number of nitrogens with one attached hydrogen (secondary N) is 1. The summed E-state index contributed by atoms with van der Waals surface area (Å²) in [6, 6.07) is 6.19. The Kier molecular flexibility index (Phi) is 4.27. The van der Waals surface area contributed by atoms with Gasteiger partial charge in [0.05, 0.1) is 7.11 Å². The van der Waals surface area contributed by atoms with Crippen LogP contribution in [-0.2, 0) is 4.84 Å². The third-order valence-electron chi connectivity index (χ3n) is 3.67. The number of hydrogen-bond donors (Lipinski definition) is 1. The van der Waals surface area contributed by atoms with Gasteiger partial charge < -0.3 is 9.80 Å². The Morgan fingerprint density at radius 2 is 1.89 bits per heavy atom. The first-order chi connectivity index (χ1) is 9.13. The zero-order chi connectivity index (χ0) is 13.8. The maximum atomic E-state index is 11.6. The van der Waals surface area contributed by atoms with Crippen LogP contribution in [0.1, 0.15) is 11.1 Å². The van der Waals surface area contributed by atoms with Crippen LogP contribution in [0.3, 0.4) is 0 Å². The zero-order valence-electron chi connectivity index (χ0n) is 11.8. The van der Waals surface area contributed by atoms with Crippen LogP contribution in [-0.4, -0.2) is 44.2 Å². The molecule has 104 valence electrons. The van der Waals surface area contributed by atoms with Gasteiger partial charge >= 0.3 is 6.03 Å². The van der Waals surface area contributed by atoms with Crippen molar-refractivity contribution in [2.24, 2.45) is 0 Å². The fraction of sp³-hybridized carbons (Fsp3) is 0.500. The standard InChI is InChI=1S/C14H21N3O2/c1-11-5-4-6-13(12(11)2)16-7-9-17(10-8-16)14(18)15-19-3/h4-6H,7-10H2,1-3H3,(H,15,18). The Hall–Kier alpha value is -1.75. The first-order valence-corrected chi connectivity index (χ1v) is 6.52. The highest BCUT2D eigenvalue weighted by molar-refractivity contribution is 5.73. The molecule has 1 fully saturated rings. The number of carbonyl (C=O) groups excluding carboxylic acids is 1. The normalized spacial score (nSPS) is 15.5. The molecule has 0 atom stereocenters. The summed E-state index contributed by atoms with van der Waals surface area (Å²) in [4.78, 5) is 20.4. The number of nitrogens with zero attached hydrogens (tertiary/aromatic N) is 2. The zero-order valence-corrected chi connectivity index (χ0v) is 11.8. The van der Waals surface area contributed by atoms with E-state index in [1.807, 2.05) is 0 Å². The summed E-state index contributed by atoms with van der Waals surface area (Å²) < 4.78 is 0. The van der Waals surface area contributed by atoms with Gasteiger partial charge in [0.15, 0.2) is 0 Å². The van der Waals surface area contributed by atoms with Gasteiger partial charge in [-0.25, -0.2) is 10.3 Å². The van der Waals surface area contributed by atoms with Crippen LogP contribution in [0.15, 0.2) is 18.2 Å². The third kappa shape index (κ3) is 2.98. The maximum absolute atomic E-state index is 11.6. The molecule has 1 aromatic carbocycles. The molecular weight excluding hydrogens is 242 g/mol. The minimum absolute atomic E-state index is 0.164. The number of hydroxylamine groups is 1. The van der Waals surface area contributed by atoms with E-state index >= 15 is 0 Å². The van der Waals surface area contributed by atoms with Gasteiger partial charge in [0.1, 0.15) is 0 Å². The van der Waals surface area contributed by atoms with Gasteiger partial charge in [0.25, 0.3) is 0 Å². The minimum atomic E-state index is -0.164. The molecule has 0 aromatic heterocycles. The SMILES string of the molecule is CONC(=O)N1CCN(c2cccc(C)c2C)CC1. The molecule has 1 N–H and O–H groups in total. The lowest BCUT2D eigenvalue weighted by Gasteiger charge is -2.36. The lowest BCUT2D eigenvalue weighted by atomic mass is 10.1. The number of piperazine rings is 1. The number of urea groups is 1. The molecule has 2 rings (SSSR count). The molecule has 1 saturated heterocycles. The number of benzene rings is 1. The second-order valence-electron chi connectivity index (χ2n) is 4.80. The highest BCUT2D eigenvalue weighted by Gasteiger charge is 2.22. The Morgan fingerprint density at radius 1 is 1.21 bits per heavy atom. The van der Waals surface area contributed by atoms with Crippen LogP contribution in [0.5, 0.6) is 0 Å². The van der Waals surface area contributed by atoms with Gasteiger partial charge in [0.2, 0.25) is 0 Å². The number of hydrogen-bond acceptors (Lipinski definition) is 3. The molecule has 1 aromatic rings. The molecule has 0 saturated carbocycles. The molecule has 0 spiro atoms. The van der Waals surface area contributed by atoms with Crippen molar-refractivity contribution in [2.45, 2.75) is 13.8 Å². The number of amides is 2. The molecule has 5 nitrogen and oxygen atoms in total. The lowest BCUT2D eigenvalue weighted by molar-refractivity contribution is 0.0856. The van der Waals surface area contributed by atoms with Gasteiger partial charge in [-0.3, -0.25) is 4.84 Å². The average molecular weight is 263 g/mol. The Labute approximate surface area is 114 Å². The van der Waals surface area contributed by atoms with E-state index in [-0.39, 0.29) is 6.03 Å². The fourth-order valence-electron chi connectivity index (χ4n) is 2.38. The smallest absolute Gasteiger partial charge is 0.341 e. The molecule has 1 heterocycles. The van der Waals surface area contributed by atoms with E-state index in [0.717, 1.165) is 13.1 Å². The van der Waals surface area contributed by atoms with Crippen molar-refractivity contribution in [3.63, 3.8) is 0 Å². The van der Waals surface area contributed by atoms with Gasteiger partial charge in [-0.15, -0.1) is 0 Å². The molecular formula is C14H21N3O2. The molecule has 1 aliphatic rings. The summed E-state index contributed by atoms with van der Waals surface area (Å²) in [6.07, 6.45) is 0. The molecule has 0 radical (unpaired) electrons. The number of aryl methyl sites for hydroxylation is 1. The van der Waals surface area contributed by atoms with Gasteiger partial charge in [0, 0.05) is 31.9 Å². The molecule has 0 unspecified atom stereocenters. The number of rotatable bonds is 2. The molecule has 5 heteroatoms. The van der Waals surface area contributed by atoms with E-state index in [9.17, 15) is 4.79 Å². The Morgan fingerprint density at radius 3 is 2.53 bits per heavy atom. The van der Waals surface area contributed by atoms with Crippen molar-refractivity contribution in [2.75, 3.05) is 38.2 Å². The van der Waals surface area contributed by atoms with Crippen LogP contribution in [0.2, 0.25) is 0 Å². The summed E-state index contributed by atoms with van der Waals surface area (Å²) in [6.45, 7) is 7.39. The molecule has 1 aliphatic heterocycles. The second-order valence-corrected chi connectivity index (χ2v) is 4.80. The average Bonchev–Trinajstić information content (AvgIpc) is 2.42. The third-order valence-corrected chi connectivity index (χ3v) is 3.67. The Balaban J connectivity index is 2.00. The first-order valence-electron chi connectivity index (χ1n) is 6.52.